The molecule has 0 radical (unpaired) electrons. The maximum absolute atomic E-state index is 10.7. The molecule has 1 aromatic rings. The Bertz CT molecular complexity index is 591. The molecule has 0 spiro atoms. The highest BCUT2D eigenvalue weighted by Crippen LogP contribution is 2.32. The first-order chi connectivity index (χ1) is 8.22. The number of halogens is 1. The molecule has 82 valence electrons. The van der Waals surface area contributed by atoms with Gasteiger partial charge in [-0.25, -0.2) is 0 Å². The van der Waals surface area contributed by atoms with Gasteiger partial charge in [0.15, 0.2) is 0 Å². The number of terminal acetylenes is 1. The van der Waals surface area contributed by atoms with Gasteiger partial charge in [0.25, 0.3) is 5.24 Å². The largest absolute Gasteiger partial charge is 0.276 e. The van der Waals surface area contributed by atoms with Gasteiger partial charge in [0.2, 0.25) is 0 Å². The molecule has 2 aliphatic rings. The van der Waals surface area contributed by atoms with Crippen molar-refractivity contribution in [2.24, 2.45) is 0 Å². The molecular formula is C15H9ClO. The highest BCUT2D eigenvalue weighted by atomic mass is 35.5. The fraction of sp³-hybridized carbons (Fsp3) is 0. The van der Waals surface area contributed by atoms with Crippen molar-refractivity contribution in [2.75, 3.05) is 0 Å². The van der Waals surface area contributed by atoms with Crippen LogP contribution in [0.4, 0.5) is 0 Å². The van der Waals surface area contributed by atoms with Crippen LogP contribution in [-0.4, -0.2) is 5.24 Å². The normalized spacial score (nSPS) is 9.65. The first-order valence-electron chi connectivity index (χ1n) is 5.08. The number of carbonyl (C=O) groups excluding carboxylic acids is 1. The van der Waals surface area contributed by atoms with E-state index >= 15 is 0 Å². The Morgan fingerprint density at radius 2 is 1.71 bits per heavy atom. The monoisotopic (exact) mass is 240 g/mol. The van der Waals surface area contributed by atoms with Crippen LogP contribution in [0.1, 0.15) is 15.9 Å². The standard InChI is InChI=1S/C9H5ClO.C6H4/c1-2-7-5-3-4-6-8(7)9(10)11;1-2-5-4-6(5)3-1/h1,3-6H;1-4H. The van der Waals surface area contributed by atoms with E-state index in [0.29, 0.717) is 11.1 Å². The lowest BCUT2D eigenvalue weighted by atomic mass is 10.1. The van der Waals surface area contributed by atoms with Crippen molar-refractivity contribution in [1.29, 1.82) is 0 Å². The molecule has 0 fully saturated rings. The fourth-order valence-corrected chi connectivity index (χ4v) is 1.62. The molecule has 17 heavy (non-hydrogen) atoms. The van der Waals surface area contributed by atoms with Crippen molar-refractivity contribution in [1.82, 2.24) is 0 Å². The lowest BCUT2D eigenvalue weighted by Crippen LogP contribution is -1.92. The molecule has 0 saturated carbocycles. The molecule has 1 aromatic carbocycles. The summed E-state index contributed by atoms with van der Waals surface area (Å²) in [7, 11) is 0. The summed E-state index contributed by atoms with van der Waals surface area (Å²) >= 11 is 5.25. The average molecular weight is 241 g/mol. The summed E-state index contributed by atoms with van der Waals surface area (Å²) < 4.78 is 0. The van der Waals surface area contributed by atoms with Gasteiger partial charge in [0.1, 0.15) is 0 Å². The quantitative estimate of drug-likeness (QED) is 0.468. The third-order valence-electron chi connectivity index (χ3n) is 2.41. The molecule has 0 aromatic heterocycles. The van der Waals surface area contributed by atoms with Gasteiger partial charge in [0.05, 0.1) is 0 Å². The van der Waals surface area contributed by atoms with E-state index in [2.05, 4.69) is 30.2 Å². The van der Waals surface area contributed by atoms with E-state index in [1.54, 1.807) is 24.3 Å². The molecule has 0 aliphatic heterocycles. The van der Waals surface area contributed by atoms with Crippen molar-refractivity contribution in [2.45, 2.75) is 0 Å². The molecule has 0 bridgehead atoms. The molecule has 0 saturated heterocycles. The van der Waals surface area contributed by atoms with Crippen molar-refractivity contribution in [3.63, 3.8) is 0 Å². The van der Waals surface area contributed by atoms with E-state index < -0.39 is 5.24 Å². The first-order valence-corrected chi connectivity index (χ1v) is 5.46. The molecule has 0 heterocycles. The summed E-state index contributed by atoms with van der Waals surface area (Å²) in [5.41, 5.74) is 3.77. The van der Waals surface area contributed by atoms with Gasteiger partial charge in [-0.3, -0.25) is 4.79 Å². The predicted molar refractivity (Wildman–Crippen MR) is 70.0 cm³/mol. The summed E-state index contributed by atoms with van der Waals surface area (Å²) in [6.07, 6.45) is 5.13. The number of hydrogen-bond acceptors (Lipinski definition) is 1. The Balaban J connectivity index is 0.000000148. The summed E-state index contributed by atoms with van der Waals surface area (Å²) in [6, 6.07) is 15.2. The van der Waals surface area contributed by atoms with Crippen LogP contribution >= 0.6 is 11.6 Å². The van der Waals surface area contributed by atoms with Crippen molar-refractivity contribution >= 4 is 16.8 Å². The minimum Gasteiger partial charge on any atom is -0.276 e. The third-order valence-corrected chi connectivity index (χ3v) is 2.61. The third kappa shape index (κ3) is 2.75. The summed E-state index contributed by atoms with van der Waals surface area (Å²) in [6.45, 7) is 0. The lowest BCUT2D eigenvalue weighted by molar-refractivity contribution is 0.108. The van der Waals surface area contributed by atoms with Crippen LogP contribution in [-0.2, 0) is 0 Å². The van der Waals surface area contributed by atoms with Crippen LogP contribution < -0.4 is 0 Å². The van der Waals surface area contributed by atoms with Gasteiger partial charge < -0.3 is 0 Å². The number of fused-ring (bicyclic) bond motifs is 1. The van der Waals surface area contributed by atoms with E-state index in [1.807, 2.05) is 0 Å². The van der Waals surface area contributed by atoms with Gasteiger partial charge in [-0.1, -0.05) is 36.3 Å². The molecule has 0 amide bonds. The molecular weight excluding hydrogens is 232 g/mol. The van der Waals surface area contributed by atoms with Gasteiger partial charge >= 0.3 is 0 Å². The predicted octanol–water partition coefficient (Wildman–Crippen LogP) is 3.71. The molecule has 0 unspecified atom stereocenters. The molecule has 2 aliphatic carbocycles. The molecule has 0 atom stereocenters. The van der Waals surface area contributed by atoms with E-state index in [4.69, 9.17) is 18.0 Å². The molecule has 2 heteroatoms. The zero-order valence-electron chi connectivity index (χ0n) is 8.98. The Labute approximate surface area is 105 Å². The van der Waals surface area contributed by atoms with Gasteiger partial charge in [-0.15, -0.1) is 6.42 Å². The second-order valence-corrected chi connectivity index (χ2v) is 3.89. The van der Waals surface area contributed by atoms with Crippen LogP contribution in [0.2, 0.25) is 0 Å². The Morgan fingerprint density at radius 3 is 2.06 bits per heavy atom. The second-order valence-electron chi connectivity index (χ2n) is 3.54. The van der Waals surface area contributed by atoms with Crippen molar-refractivity contribution in [3.05, 3.63) is 59.7 Å². The minimum atomic E-state index is -0.515. The lowest BCUT2D eigenvalue weighted by Gasteiger charge is -1.95. The molecule has 1 nitrogen and oxygen atoms in total. The van der Waals surface area contributed by atoms with Crippen LogP contribution in [0.3, 0.4) is 0 Å². The number of hydrogen-bond donors (Lipinski definition) is 0. The van der Waals surface area contributed by atoms with Gasteiger partial charge in [-0.2, -0.15) is 0 Å². The Morgan fingerprint density at radius 1 is 1.06 bits per heavy atom. The van der Waals surface area contributed by atoms with Crippen LogP contribution in [0.25, 0.3) is 11.1 Å². The van der Waals surface area contributed by atoms with E-state index in [9.17, 15) is 4.79 Å². The maximum atomic E-state index is 10.7. The number of carbonyl (C=O) groups is 1. The Kier molecular flexibility index (Phi) is 3.27. The highest BCUT2D eigenvalue weighted by Gasteiger charge is 2.07. The smallest absolute Gasteiger partial charge is 0.253 e. The zero-order valence-corrected chi connectivity index (χ0v) is 9.74. The van der Waals surface area contributed by atoms with Crippen molar-refractivity contribution < 1.29 is 4.79 Å². The second kappa shape index (κ2) is 4.86. The number of benzene rings is 2. The van der Waals surface area contributed by atoms with Crippen LogP contribution in [0, 0.1) is 12.3 Å². The van der Waals surface area contributed by atoms with Crippen LogP contribution in [0.5, 0.6) is 0 Å². The van der Waals surface area contributed by atoms with Crippen molar-refractivity contribution in [3.8, 4) is 23.5 Å². The molecule has 0 N–H and O–H groups in total. The van der Waals surface area contributed by atoms with Gasteiger partial charge in [0, 0.05) is 11.1 Å². The SMILES string of the molecule is C#Cc1ccccc1C(=O)Cl.c1cc2cc-2c1. The summed E-state index contributed by atoms with van der Waals surface area (Å²) in [5.74, 6) is 2.37. The fourth-order valence-electron chi connectivity index (χ4n) is 1.46. The zero-order chi connectivity index (χ0) is 12.3. The topological polar surface area (TPSA) is 17.1 Å². The molecule has 3 rings (SSSR count). The van der Waals surface area contributed by atoms with E-state index in [0.717, 1.165) is 0 Å². The maximum Gasteiger partial charge on any atom is 0.253 e. The highest BCUT2D eigenvalue weighted by molar-refractivity contribution is 6.68. The Hall–Kier alpha value is -2.04. The van der Waals surface area contributed by atoms with E-state index in [-0.39, 0.29) is 0 Å². The first kappa shape index (κ1) is 11.4. The van der Waals surface area contributed by atoms with Gasteiger partial charge in [-0.05, 0) is 40.9 Å². The summed E-state index contributed by atoms with van der Waals surface area (Å²) in [4.78, 5) is 10.7. The number of rotatable bonds is 1. The van der Waals surface area contributed by atoms with E-state index in [1.165, 1.54) is 11.1 Å². The summed E-state index contributed by atoms with van der Waals surface area (Å²) in [5, 5.41) is -0.515. The minimum absolute atomic E-state index is 0.386. The van der Waals surface area contributed by atoms with Crippen LogP contribution in [0.15, 0.2) is 48.5 Å². The average Bonchev–Trinajstić information content (AvgIpc) is 2.96.